The maximum absolute atomic E-state index is 14.9. The van der Waals surface area contributed by atoms with Crippen LogP contribution in [0.5, 0.6) is 11.8 Å². The summed E-state index contributed by atoms with van der Waals surface area (Å²) in [6, 6.07) is 6.79. The first-order valence-corrected chi connectivity index (χ1v) is 16.9. The van der Waals surface area contributed by atoms with Crippen LogP contribution in [0, 0.1) is 24.1 Å². The number of phenols is 1. The van der Waals surface area contributed by atoms with Crippen molar-refractivity contribution in [3.63, 3.8) is 0 Å². The number of hydrogen-bond donors (Lipinski definition) is 1. The fraction of sp³-hybridized carbons (Fsp3) is 0.447. The molecule has 2 bridgehead atoms. The number of allylic oxidation sites excluding steroid dienone is 1. The first-order valence-electron chi connectivity index (χ1n) is 16.9. The number of aromatic nitrogens is 2. The highest BCUT2D eigenvalue weighted by atomic mass is 19.1. The van der Waals surface area contributed by atoms with Gasteiger partial charge < -0.3 is 19.6 Å². The molecule has 5 aliphatic rings. The highest BCUT2D eigenvalue weighted by Gasteiger charge is 2.47. The van der Waals surface area contributed by atoms with Crippen LogP contribution in [-0.2, 0) is 11.2 Å². The molecule has 4 aliphatic heterocycles. The smallest absolute Gasteiger partial charge is 0.318 e. The molecule has 0 saturated carbocycles. The number of benzene rings is 2. The molecule has 3 atom stereocenters. The first kappa shape index (κ1) is 29.9. The maximum Gasteiger partial charge on any atom is 0.318 e. The zero-order valence-corrected chi connectivity index (χ0v) is 26.8. The summed E-state index contributed by atoms with van der Waals surface area (Å²) in [7, 11) is 0. The van der Waals surface area contributed by atoms with Gasteiger partial charge in [-0.3, -0.25) is 9.69 Å². The van der Waals surface area contributed by atoms with E-state index < -0.39 is 5.82 Å². The number of halogens is 1. The van der Waals surface area contributed by atoms with E-state index in [4.69, 9.17) is 21.1 Å². The van der Waals surface area contributed by atoms with Gasteiger partial charge in [0.2, 0.25) is 5.91 Å². The van der Waals surface area contributed by atoms with Crippen molar-refractivity contribution in [1.29, 1.82) is 0 Å². The molecular formula is C38H40FN5O3. The molecule has 0 unspecified atom stereocenters. The van der Waals surface area contributed by atoms with Gasteiger partial charge in [-0.1, -0.05) is 25.5 Å². The van der Waals surface area contributed by atoms with Crippen molar-refractivity contribution < 1.29 is 19.0 Å². The van der Waals surface area contributed by atoms with E-state index in [-0.39, 0.29) is 34.8 Å². The van der Waals surface area contributed by atoms with Crippen LogP contribution in [0.2, 0.25) is 0 Å². The highest BCUT2D eigenvalue weighted by Crippen LogP contribution is 2.43. The minimum atomic E-state index is -0.464. The third-order valence-corrected chi connectivity index (χ3v) is 11.4. The molecule has 0 spiro atoms. The second-order valence-electron chi connectivity index (χ2n) is 14.0. The van der Waals surface area contributed by atoms with E-state index in [0.717, 1.165) is 55.0 Å². The third kappa shape index (κ3) is 4.88. The normalized spacial score (nSPS) is 24.5. The van der Waals surface area contributed by atoms with Crippen molar-refractivity contribution in [1.82, 2.24) is 19.8 Å². The average molecular weight is 634 g/mol. The Labute approximate surface area is 274 Å². The number of phenolic OH excluding ortho intramolecular Hbond substituents is 1. The highest BCUT2D eigenvalue weighted by molar-refractivity contribution is 6.02. The van der Waals surface area contributed by atoms with Gasteiger partial charge >= 0.3 is 6.01 Å². The van der Waals surface area contributed by atoms with E-state index in [1.165, 1.54) is 25.0 Å². The molecule has 1 N–H and O–H groups in total. The summed E-state index contributed by atoms with van der Waals surface area (Å²) in [6.07, 6.45) is 16.1. The van der Waals surface area contributed by atoms with Gasteiger partial charge in [0, 0.05) is 24.0 Å². The first-order chi connectivity index (χ1) is 22.8. The number of piperazine rings is 1. The average Bonchev–Trinajstić information content (AvgIpc) is 3.71. The van der Waals surface area contributed by atoms with E-state index in [1.54, 1.807) is 18.2 Å². The standard InChI is InChI=1S/C38H40FN5O3/c1-4-28-31(39)11-9-25-17-27(45)19-30(35(25)28)24-8-10-29-32(18-24)40-37(47-22-38-12-6-14-43(38)15-7-13-38)41-36(29)42-20-26-16-23(3)33(21-42)44(26)34(46)5-2/h1,5,9,11,17-19,23,26,33,45H,2,6-8,10,12-16,20-22H2,3H3/t23-,26+,33+/m0/s1. The number of amides is 1. The number of ether oxygens (including phenoxy) is 1. The van der Waals surface area contributed by atoms with Crippen molar-refractivity contribution in [2.45, 2.75) is 69.5 Å². The molecule has 1 amide bonds. The molecule has 0 radical (unpaired) electrons. The lowest BCUT2D eigenvalue weighted by Crippen LogP contribution is -2.56. The SMILES string of the molecule is C#Cc1c(F)ccc2cc(O)cc(C3=Cc4nc(OCC56CCCN5CCC6)nc(N5C[C@H]6C[C@H](C)[C@@H](C5)N6C(=O)C=C)c4CC3)c12. The fourth-order valence-electron chi connectivity index (χ4n) is 9.19. The number of anilines is 1. The monoisotopic (exact) mass is 633 g/mol. The number of carbonyl (C=O) groups is 1. The topological polar surface area (TPSA) is 82.0 Å². The minimum absolute atomic E-state index is 0.0108. The Bertz CT molecular complexity index is 1870. The van der Waals surface area contributed by atoms with Crippen molar-refractivity contribution in [2.75, 3.05) is 37.7 Å². The summed E-state index contributed by atoms with van der Waals surface area (Å²) in [5.74, 6) is 3.38. The lowest BCUT2D eigenvalue weighted by molar-refractivity contribution is -0.129. The Morgan fingerprint density at radius 1 is 1.21 bits per heavy atom. The van der Waals surface area contributed by atoms with Gasteiger partial charge in [-0.25, -0.2) is 4.39 Å². The lowest BCUT2D eigenvalue weighted by Gasteiger charge is -2.42. The van der Waals surface area contributed by atoms with E-state index in [1.807, 2.05) is 11.0 Å². The van der Waals surface area contributed by atoms with Crippen LogP contribution in [-0.4, -0.2) is 81.2 Å². The quantitative estimate of drug-likeness (QED) is 0.281. The molecule has 9 heteroatoms. The predicted octanol–water partition coefficient (Wildman–Crippen LogP) is 5.56. The van der Waals surface area contributed by atoms with E-state index in [9.17, 15) is 14.3 Å². The molecule has 4 fully saturated rings. The van der Waals surface area contributed by atoms with Crippen molar-refractivity contribution in [2.24, 2.45) is 5.92 Å². The number of fused-ring (bicyclic) bond motifs is 5. The molecule has 8 nitrogen and oxygen atoms in total. The fourth-order valence-corrected chi connectivity index (χ4v) is 9.19. The number of hydrogen-bond acceptors (Lipinski definition) is 7. The molecule has 5 heterocycles. The number of terminal acetylenes is 1. The predicted molar refractivity (Wildman–Crippen MR) is 181 cm³/mol. The Hall–Kier alpha value is -4.42. The number of rotatable bonds is 6. The van der Waals surface area contributed by atoms with Gasteiger partial charge in [0.1, 0.15) is 24.0 Å². The van der Waals surface area contributed by atoms with Crippen molar-refractivity contribution in [3.05, 3.63) is 65.1 Å². The second kappa shape index (κ2) is 11.4. The molecule has 4 saturated heterocycles. The van der Waals surface area contributed by atoms with E-state index in [0.29, 0.717) is 60.8 Å². The Kier molecular flexibility index (Phi) is 7.25. The van der Waals surface area contributed by atoms with Gasteiger partial charge in [0.05, 0.1) is 28.9 Å². The number of aromatic hydroxyl groups is 1. The van der Waals surface area contributed by atoms with Crippen LogP contribution in [0.4, 0.5) is 10.2 Å². The van der Waals surface area contributed by atoms with Crippen LogP contribution in [0.1, 0.15) is 67.8 Å². The molecule has 8 rings (SSSR count). The second-order valence-corrected chi connectivity index (χ2v) is 14.0. The molecule has 47 heavy (non-hydrogen) atoms. The summed E-state index contributed by atoms with van der Waals surface area (Å²) < 4.78 is 21.4. The van der Waals surface area contributed by atoms with Gasteiger partial charge in [0.15, 0.2) is 0 Å². The summed E-state index contributed by atoms with van der Waals surface area (Å²) in [4.78, 5) is 29.8. The Balaban J connectivity index is 1.22. The van der Waals surface area contributed by atoms with Crippen LogP contribution in [0.3, 0.4) is 0 Å². The summed E-state index contributed by atoms with van der Waals surface area (Å²) in [6.45, 7) is 10.1. The van der Waals surface area contributed by atoms with Gasteiger partial charge in [-0.2, -0.15) is 9.97 Å². The number of nitrogens with zero attached hydrogens (tertiary/aromatic N) is 5. The zero-order chi connectivity index (χ0) is 32.4. The van der Waals surface area contributed by atoms with Crippen LogP contribution < -0.4 is 9.64 Å². The lowest BCUT2D eigenvalue weighted by atomic mass is 9.87. The van der Waals surface area contributed by atoms with E-state index in [2.05, 4.69) is 29.2 Å². The Morgan fingerprint density at radius 3 is 2.77 bits per heavy atom. The van der Waals surface area contributed by atoms with Crippen molar-refractivity contribution >= 4 is 34.1 Å². The molecule has 3 aromatic rings. The summed E-state index contributed by atoms with van der Waals surface area (Å²) >= 11 is 0. The molecule has 2 aromatic carbocycles. The largest absolute Gasteiger partial charge is 0.508 e. The Morgan fingerprint density at radius 2 is 2.02 bits per heavy atom. The van der Waals surface area contributed by atoms with Gasteiger partial charge in [-0.15, -0.1) is 6.42 Å². The summed E-state index contributed by atoms with van der Waals surface area (Å²) in [5, 5.41) is 12.0. The van der Waals surface area contributed by atoms with Gasteiger partial charge in [0.25, 0.3) is 0 Å². The third-order valence-electron chi connectivity index (χ3n) is 11.4. The summed E-state index contributed by atoms with van der Waals surface area (Å²) in [5.41, 5.74) is 3.65. The number of carbonyl (C=O) groups excluding carboxylic acids is 1. The van der Waals surface area contributed by atoms with Gasteiger partial charge in [-0.05, 0) is 111 Å². The van der Waals surface area contributed by atoms with Crippen molar-refractivity contribution in [3.8, 4) is 24.1 Å². The minimum Gasteiger partial charge on any atom is -0.508 e. The maximum atomic E-state index is 14.9. The zero-order valence-electron chi connectivity index (χ0n) is 26.8. The molecular weight excluding hydrogens is 593 g/mol. The van der Waals surface area contributed by atoms with Crippen LogP contribution in [0.15, 0.2) is 36.9 Å². The van der Waals surface area contributed by atoms with E-state index >= 15 is 0 Å². The molecule has 242 valence electrons. The molecule has 1 aliphatic carbocycles. The van der Waals surface area contributed by atoms with Crippen LogP contribution >= 0.6 is 0 Å². The molecule has 1 aromatic heterocycles. The van der Waals surface area contributed by atoms with Crippen LogP contribution in [0.25, 0.3) is 22.4 Å².